The highest BCUT2D eigenvalue weighted by Crippen LogP contribution is 2.32. The quantitative estimate of drug-likeness (QED) is 0.551. The molecule has 0 spiro atoms. The van der Waals surface area contributed by atoms with Crippen molar-refractivity contribution in [1.29, 1.82) is 0 Å². The lowest BCUT2D eigenvalue weighted by atomic mass is 9.94. The Hall–Kier alpha value is -2.41. The molecule has 0 radical (unpaired) electrons. The summed E-state index contributed by atoms with van der Waals surface area (Å²) < 4.78 is 0.931. The summed E-state index contributed by atoms with van der Waals surface area (Å²) in [5.41, 5.74) is 1.60. The minimum absolute atomic E-state index is 0.0713. The second-order valence-corrected chi connectivity index (χ2v) is 7.30. The number of nitro groups is 1. The van der Waals surface area contributed by atoms with Gasteiger partial charge in [0.1, 0.15) is 5.69 Å². The van der Waals surface area contributed by atoms with Gasteiger partial charge in [0.15, 0.2) is 0 Å². The molecule has 0 N–H and O–H groups in total. The van der Waals surface area contributed by atoms with E-state index in [1.165, 1.54) is 6.07 Å². The number of carbonyl (C=O) groups excluding carboxylic acids is 1. The van der Waals surface area contributed by atoms with E-state index >= 15 is 0 Å². The third-order valence-corrected chi connectivity index (χ3v) is 5.28. The second-order valence-electron chi connectivity index (χ2n) is 6.38. The Morgan fingerprint density at radius 1 is 1.19 bits per heavy atom. The molecule has 136 valence electrons. The molecule has 0 atom stereocenters. The summed E-state index contributed by atoms with van der Waals surface area (Å²) in [5.74, 6) is 0.0170. The molecule has 0 aliphatic carbocycles. The van der Waals surface area contributed by atoms with Crippen LogP contribution in [0.2, 0.25) is 0 Å². The van der Waals surface area contributed by atoms with Gasteiger partial charge in [-0.15, -0.1) is 0 Å². The summed E-state index contributed by atoms with van der Waals surface area (Å²) >= 11 is 3.43. The van der Waals surface area contributed by atoms with Gasteiger partial charge < -0.3 is 9.80 Å². The first-order chi connectivity index (χ1) is 12.5. The Labute approximate surface area is 160 Å². The minimum Gasteiger partial charge on any atom is -0.366 e. The molecule has 0 saturated carbocycles. The Morgan fingerprint density at radius 2 is 1.88 bits per heavy atom. The average molecular weight is 418 g/mol. The van der Waals surface area contributed by atoms with E-state index in [1.54, 1.807) is 30.1 Å². The molecule has 1 fully saturated rings. The van der Waals surface area contributed by atoms with Gasteiger partial charge in [-0.05, 0) is 37.1 Å². The first-order valence-electron chi connectivity index (χ1n) is 8.49. The molecule has 1 saturated heterocycles. The van der Waals surface area contributed by atoms with E-state index in [4.69, 9.17) is 0 Å². The summed E-state index contributed by atoms with van der Waals surface area (Å²) in [5, 5.41) is 11.2. The lowest BCUT2D eigenvalue weighted by molar-refractivity contribution is -0.384. The molecule has 1 aliphatic heterocycles. The topological polar surface area (TPSA) is 66.7 Å². The van der Waals surface area contributed by atoms with Crippen molar-refractivity contribution in [2.24, 2.45) is 5.92 Å². The highest BCUT2D eigenvalue weighted by atomic mass is 79.9. The fourth-order valence-electron chi connectivity index (χ4n) is 3.34. The number of anilines is 2. The van der Waals surface area contributed by atoms with Gasteiger partial charge in [-0.1, -0.05) is 34.1 Å². The van der Waals surface area contributed by atoms with Crippen LogP contribution in [0.25, 0.3) is 0 Å². The number of halogens is 1. The summed E-state index contributed by atoms with van der Waals surface area (Å²) in [6, 6.07) is 14.4. The van der Waals surface area contributed by atoms with Crippen molar-refractivity contribution in [2.45, 2.75) is 12.8 Å². The van der Waals surface area contributed by atoms with E-state index in [0.717, 1.165) is 10.2 Å². The molecule has 0 bridgehead atoms. The van der Waals surface area contributed by atoms with Crippen molar-refractivity contribution in [3.05, 3.63) is 63.1 Å². The van der Waals surface area contributed by atoms with Crippen LogP contribution >= 0.6 is 15.9 Å². The molecular weight excluding hydrogens is 398 g/mol. The SMILES string of the molecule is CN(C(=O)C1CCN(c2ccccc2[N+](=O)[O-])CC1)c1cccc(Br)c1. The zero-order valence-electron chi connectivity index (χ0n) is 14.5. The Balaban J connectivity index is 1.67. The van der Waals surface area contributed by atoms with Crippen molar-refractivity contribution in [3.63, 3.8) is 0 Å². The first-order valence-corrected chi connectivity index (χ1v) is 9.28. The maximum Gasteiger partial charge on any atom is 0.292 e. The van der Waals surface area contributed by atoms with Gasteiger partial charge in [-0.3, -0.25) is 14.9 Å². The van der Waals surface area contributed by atoms with Gasteiger partial charge in [-0.2, -0.15) is 0 Å². The molecule has 7 heteroatoms. The predicted molar refractivity (Wildman–Crippen MR) is 106 cm³/mol. The molecule has 26 heavy (non-hydrogen) atoms. The van der Waals surface area contributed by atoms with Gasteiger partial charge in [0.05, 0.1) is 4.92 Å². The van der Waals surface area contributed by atoms with Crippen molar-refractivity contribution in [1.82, 2.24) is 0 Å². The Kier molecular flexibility index (Phi) is 5.56. The maximum absolute atomic E-state index is 12.8. The second kappa shape index (κ2) is 7.86. The average Bonchev–Trinajstić information content (AvgIpc) is 2.67. The molecule has 6 nitrogen and oxygen atoms in total. The van der Waals surface area contributed by atoms with Crippen molar-refractivity contribution >= 4 is 38.9 Å². The Bertz CT molecular complexity index is 819. The normalized spacial score (nSPS) is 14.9. The smallest absolute Gasteiger partial charge is 0.292 e. The number of amides is 1. The van der Waals surface area contributed by atoms with E-state index in [1.807, 2.05) is 29.2 Å². The van der Waals surface area contributed by atoms with E-state index in [-0.39, 0.29) is 22.4 Å². The third kappa shape index (κ3) is 3.88. The molecule has 1 heterocycles. The third-order valence-electron chi connectivity index (χ3n) is 4.79. The lowest BCUT2D eigenvalue weighted by Gasteiger charge is -2.34. The summed E-state index contributed by atoms with van der Waals surface area (Å²) in [6.45, 7) is 1.27. The Morgan fingerprint density at radius 3 is 2.54 bits per heavy atom. The van der Waals surface area contributed by atoms with Gasteiger partial charge in [0.25, 0.3) is 5.69 Å². The number of para-hydroxylation sites is 2. The number of carbonyl (C=O) groups is 1. The van der Waals surface area contributed by atoms with Crippen molar-refractivity contribution in [2.75, 3.05) is 29.9 Å². The molecule has 3 rings (SSSR count). The fourth-order valence-corrected chi connectivity index (χ4v) is 3.73. The molecular formula is C19H20BrN3O3. The molecule has 2 aromatic rings. The van der Waals surface area contributed by atoms with Crippen LogP contribution < -0.4 is 9.80 Å². The van der Waals surface area contributed by atoms with Gasteiger partial charge >= 0.3 is 0 Å². The monoisotopic (exact) mass is 417 g/mol. The molecule has 2 aromatic carbocycles. The van der Waals surface area contributed by atoms with E-state index in [9.17, 15) is 14.9 Å². The first kappa shape index (κ1) is 18.4. The molecule has 0 aromatic heterocycles. The van der Waals surface area contributed by atoms with Gasteiger partial charge in [0, 0.05) is 42.3 Å². The predicted octanol–water partition coefficient (Wildman–Crippen LogP) is 4.24. The minimum atomic E-state index is -0.354. The summed E-state index contributed by atoms with van der Waals surface area (Å²) in [6.07, 6.45) is 1.37. The van der Waals surface area contributed by atoms with Crippen molar-refractivity contribution in [3.8, 4) is 0 Å². The zero-order valence-corrected chi connectivity index (χ0v) is 16.1. The van der Waals surface area contributed by atoms with Crippen LogP contribution in [-0.4, -0.2) is 31.0 Å². The number of benzene rings is 2. The number of rotatable bonds is 4. The van der Waals surface area contributed by atoms with Crippen LogP contribution in [0, 0.1) is 16.0 Å². The standard InChI is InChI=1S/C19H20BrN3O3/c1-21(16-6-4-5-15(20)13-16)19(24)14-9-11-22(12-10-14)17-7-2-3-8-18(17)23(25)26/h2-8,13-14H,9-12H2,1H3. The van der Waals surface area contributed by atoms with E-state index < -0.39 is 0 Å². The number of nitro benzene ring substituents is 1. The van der Waals surface area contributed by atoms with Crippen LogP contribution in [0.1, 0.15) is 12.8 Å². The molecule has 1 amide bonds. The number of hydrogen-bond acceptors (Lipinski definition) is 4. The molecule has 0 unspecified atom stereocenters. The fraction of sp³-hybridized carbons (Fsp3) is 0.316. The zero-order chi connectivity index (χ0) is 18.7. The highest BCUT2D eigenvalue weighted by molar-refractivity contribution is 9.10. The van der Waals surface area contributed by atoms with Crippen LogP contribution in [0.4, 0.5) is 17.1 Å². The highest BCUT2D eigenvalue weighted by Gasteiger charge is 2.30. The number of piperidine rings is 1. The van der Waals surface area contributed by atoms with Gasteiger partial charge in [0.2, 0.25) is 5.91 Å². The van der Waals surface area contributed by atoms with E-state index in [0.29, 0.717) is 31.6 Å². The largest absolute Gasteiger partial charge is 0.366 e. The summed E-state index contributed by atoms with van der Waals surface area (Å²) in [4.78, 5) is 27.4. The number of hydrogen-bond donors (Lipinski definition) is 0. The van der Waals surface area contributed by atoms with Crippen LogP contribution in [0.15, 0.2) is 53.0 Å². The van der Waals surface area contributed by atoms with Crippen LogP contribution in [-0.2, 0) is 4.79 Å². The molecule has 1 aliphatic rings. The number of nitrogens with zero attached hydrogens (tertiary/aromatic N) is 3. The van der Waals surface area contributed by atoms with Crippen molar-refractivity contribution < 1.29 is 9.72 Å². The van der Waals surface area contributed by atoms with Crippen LogP contribution in [0.3, 0.4) is 0 Å². The van der Waals surface area contributed by atoms with E-state index in [2.05, 4.69) is 15.9 Å². The van der Waals surface area contributed by atoms with Crippen LogP contribution in [0.5, 0.6) is 0 Å². The van der Waals surface area contributed by atoms with Gasteiger partial charge in [-0.25, -0.2) is 0 Å². The lowest BCUT2D eigenvalue weighted by Crippen LogP contribution is -2.41. The maximum atomic E-state index is 12.8. The summed E-state index contributed by atoms with van der Waals surface area (Å²) in [7, 11) is 1.79.